The molecular weight excluding hydrogens is 455 g/mol. The van der Waals surface area contributed by atoms with E-state index in [2.05, 4.69) is 5.32 Å². The summed E-state index contributed by atoms with van der Waals surface area (Å²) in [5.41, 5.74) is 4.27. The van der Waals surface area contributed by atoms with Crippen LogP contribution < -0.4 is 10.1 Å². The van der Waals surface area contributed by atoms with Crippen molar-refractivity contribution in [3.8, 4) is 5.75 Å². The molecule has 2 amide bonds. The van der Waals surface area contributed by atoms with Crippen LogP contribution in [0.5, 0.6) is 5.75 Å². The average molecular weight is 481 g/mol. The number of fused-ring (bicyclic) bond motifs is 1. The first-order valence-electron chi connectivity index (χ1n) is 11.8. The highest BCUT2D eigenvalue weighted by Crippen LogP contribution is 2.38. The Hall–Kier alpha value is -4.45. The molecule has 0 radical (unpaired) electrons. The van der Waals surface area contributed by atoms with Crippen molar-refractivity contribution < 1.29 is 18.7 Å². The molecule has 5 nitrogen and oxygen atoms in total. The van der Waals surface area contributed by atoms with Crippen LogP contribution in [0.15, 0.2) is 103 Å². The molecule has 5 rings (SSSR count). The lowest BCUT2D eigenvalue weighted by Gasteiger charge is -2.38. The lowest BCUT2D eigenvalue weighted by Crippen LogP contribution is -2.40. The number of anilines is 1. The standard InChI is InChI=1S/C30H25FN2O3/c31-24-12-14-25(15-13-24)32-28(34)20-36-26-16-11-21-17-18-33(30(35)23-9-5-2-6-10-23)29(27(21)19-26)22-7-3-1-4-8-22/h1-16,19,29H,17-18,20H2,(H,32,34)/t29-/m0/s1. The molecule has 0 bridgehead atoms. The molecule has 1 aliphatic heterocycles. The molecule has 180 valence electrons. The minimum atomic E-state index is -0.369. The Kier molecular flexibility index (Phi) is 6.76. The Balaban J connectivity index is 1.39. The van der Waals surface area contributed by atoms with Gasteiger partial charge in [0.2, 0.25) is 0 Å². The third kappa shape index (κ3) is 5.13. The predicted molar refractivity (Wildman–Crippen MR) is 136 cm³/mol. The van der Waals surface area contributed by atoms with E-state index >= 15 is 0 Å². The lowest BCUT2D eigenvalue weighted by atomic mass is 9.87. The summed E-state index contributed by atoms with van der Waals surface area (Å²) in [6, 6.07) is 30.3. The second kappa shape index (κ2) is 10.4. The first-order valence-corrected chi connectivity index (χ1v) is 11.8. The molecule has 1 N–H and O–H groups in total. The average Bonchev–Trinajstić information content (AvgIpc) is 2.93. The number of benzene rings is 4. The zero-order valence-electron chi connectivity index (χ0n) is 19.6. The Labute approximate surface area is 209 Å². The molecule has 0 spiro atoms. The summed E-state index contributed by atoms with van der Waals surface area (Å²) < 4.78 is 18.9. The van der Waals surface area contributed by atoms with Crippen LogP contribution in [0.25, 0.3) is 0 Å². The molecule has 4 aromatic rings. The fraction of sp³-hybridized carbons (Fsp3) is 0.133. The zero-order valence-corrected chi connectivity index (χ0v) is 19.6. The number of hydrogen-bond acceptors (Lipinski definition) is 3. The highest BCUT2D eigenvalue weighted by Gasteiger charge is 2.32. The van der Waals surface area contributed by atoms with Gasteiger partial charge in [0.1, 0.15) is 11.6 Å². The summed E-state index contributed by atoms with van der Waals surface area (Å²) in [4.78, 5) is 27.8. The molecule has 0 unspecified atom stereocenters. The van der Waals surface area contributed by atoms with Gasteiger partial charge in [0, 0.05) is 17.8 Å². The van der Waals surface area contributed by atoms with E-state index in [4.69, 9.17) is 4.74 Å². The molecule has 0 saturated heterocycles. The van der Waals surface area contributed by atoms with E-state index in [1.165, 1.54) is 24.3 Å². The summed E-state index contributed by atoms with van der Waals surface area (Å²) in [7, 11) is 0. The third-order valence-corrected chi connectivity index (χ3v) is 6.24. The van der Waals surface area contributed by atoms with Gasteiger partial charge in [0.15, 0.2) is 6.61 Å². The second-order valence-electron chi connectivity index (χ2n) is 8.63. The maximum absolute atomic E-state index is 13.5. The maximum atomic E-state index is 13.5. The normalized spacial score (nSPS) is 14.6. The number of halogens is 1. The van der Waals surface area contributed by atoms with Crippen molar-refractivity contribution in [3.63, 3.8) is 0 Å². The second-order valence-corrected chi connectivity index (χ2v) is 8.63. The fourth-order valence-electron chi connectivity index (χ4n) is 4.52. The molecule has 0 aliphatic carbocycles. The minimum Gasteiger partial charge on any atom is -0.484 e. The highest BCUT2D eigenvalue weighted by atomic mass is 19.1. The van der Waals surface area contributed by atoms with Gasteiger partial charge in [-0.15, -0.1) is 0 Å². The van der Waals surface area contributed by atoms with E-state index in [1.807, 2.05) is 83.8 Å². The van der Waals surface area contributed by atoms with Crippen molar-refractivity contribution in [2.75, 3.05) is 18.5 Å². The predicted octanol–water partition coefficient (Wildman–Crippen LogP) is 5.63. The molecule has 6 heteroatoms. The van der Waals surface area contributed by atoms with E-state index in [0.717, 1.165) is 23.1 Å². The summed E-state index contributed by atoms with van der Waals surface area (Å²) in [5.74, 6) is -0.205. The SMILES string of the molecule is O=C(COc1ccc2c(c1)[C@H](c1ccccc1)N(C(=O)c1ccccc1)CC2)Nc1ccc(F)cc1. The van der Waals surface area contributed by atoms with Crippen LogP contribution in [0.4, 0.5) is 10.1 Å². The molecular formula is C30H25FN2O3. The van der Waals surface area contributed by atoms with Crippen LogP contribution in [0.2, 0.25) is 0 Å². The van der Waals surface area contributed by atoms with Crippen molar-refractivity contribution in [2.24, 2.45) is 0 Å². The summed E-state index contributed by atoms with van der Waals surface area (Å²) in [5, 5.41) is 2.69. The van der Waals surface area contributed by atoms with Gasteiger partial charge in [-0.2, -0.15) is 0 Å². The topological polar surface area (TPSA) is 58.6 Å². The first-order chi connectivity index (χ1) is 17.6. The number of amides is 2. The largest absolute Gasteiger partial charge is 0.484 e. The van der Waals surface area contributed by atoms with Crippen molar-refractivity contribution in [1.29, 1.82) is 0 Å². The Morgan fingerprint density at radius 3 is 2.31 bits per heavy atom. The zero-order chi connectivity index (χ0) is 24.9. The van der Waals surface area contributed by atoms with E-state index in [9.17, 15) is 14.0 Å². The Morgan fingerprint density at radius 1 is 0.889 bits per heavy atom. The van der Waals surface area contributed by atoms with Gasteiger partial charge in [-0.1, -0.05) is 54.6 Å². The number of rotatable bonds is 6. The van der Waals surface area contributed by atoms with Gasteiger partial charge in [0.25, 0.3) is 11.8 Å². The molecule has 0 aromatic heterocycles. The smallest absolute Gasteiger partial charge is 0.262 e. The number of carbonyl (C=O) groups is 2. The van der Waals surface area contributed by atoms with Gasteiger partial charge >= 0.3 is 0 Å². The quantitative estimate of drug-likeness (QED) is 0.389. The summed E-state index contributed by atoms with van der Waals surface area (Å²) in [6.07, 6.45) is 0.725. The molecule has 36 heavy (non-hydrogen) atoms. The van der Waals surface area contributed by atoms with Crippen LogP contribution in [-0.4, -0.2) is 29.9 Å². The van der Waals surface area contributed by atoms with E-state index in [0.29, 0.717) is 23.5 Å². The number of ether oxygens (including phenoxy) is 1. The van der Waals surface area contributed by atoms with E-state index in [-0.39, 0.29) is 30.3 Å². The van der Waals surface area contributed by atoms with Crippen LogP contribution in [0.1, 0.15) is 33.1 Å². The van der Waals surface area contributed by atoms with Gasteiger partial charge in [-0.25, -0.2) is 4.39 Å². The highest BCUT2D eigenvalue weighted by molar-refractivity contribution is 5.95. The molecule has 1 aliphatic rings. The summed E-state index contributed by atoms with van der Waals surface area (Å²) in [6.45, 7) is 0.402. The molecule has 0 saturated carbocycles. The van der Waals surface area contributed by atoms with Crippen molar-refractivity contribution in [2.45, 2.75) is 12.5 Å². The minimum absolute atomic E-state index is 0.0277. The van der Waals surface area contributed by atoms with Crippen LogP contribution >= 0.6 is 0 Å². The van der Waals surface area contributed by atoms with E-state index < -0.39 is 0 Å². The molecule has 4 aromatic carbocycles. The Morgan fingerprint density at radius 2 is 1.58 bits per heavy atom. The summed E-state index contributed by atoms with van der Waals surface area (Å²) >= 11 is 0. The third-order valence-electron chi connectivity index (χ3n) is 6.24. The molecule has 1 heterocycles. The monoisotopic (exact) mass is 480 g/mol. The molecule has 1 atom stereocenters. The fourth-order valence-corrected chi connectivity index (χ4v) is 4.52. The van der Waals surface area contributed by atoms with Crippen molar-refractivity contribution >= 4 is 17.5 Å². The van der Waals surface area contributed by atoms with Gasteiger partial charge in [-0.05, 0) is 71.6 Å². The van der Waals surface area contributed by atoms with Gasteiger partial charge < -0.3 is 15.0 Å². The van der Waals surface area contributed by atoms with Crippen LogP contribution in [0.3, 0.4) is 0 Å². The van der Waals surface area contributed by atoms with E-state index in [1.54, 1.807) is 0 Å². The van der Waals surface area contributed by atoms with Crippen LogP contribution in [0, 0.1) is 5.82 Å². The van der Waals surface area contributed by atoms with Gasteiger partial charge in [-0.3, -0.25) is 9.59 Å². The molecule has 0 fully saturated rings. The maximum Gasteiger partial charge on any atom is 0.262 e. The first kappa shape index (κ1) is 23.3. The number of hydrogen-bond donors (Lipinski definition) is 1. The number of carbonyl (C=O) groups excluding carboxylic acids is 2. The van der Waals surface area contributed by atoms with Crippen LogP contribution in [-0.2, 0) is 11.2 Å². The number of nitrogens with zero attached hydrogens (tertiary/aromatic N) is 1. The van der Waals surface area contributed by atoms with Crippen molar-refractivity contribution in [3.05, 3.63) is 131 Å². The van der Waals surface area contributed by atoms with Gasteiger partial charge in [0.05, 0.1) is 6.04 Å². The lowest BCUT2D eigenvalue weighted by molar-refractivity contribution is -0.118. The van der Waals surface area contributed by atoms with Crippen molar-refractivity contribution in [1.82, 2.24) is 4.90 Å². The Bertz CT molecular complexity index is 1360. The number of nitrogens with one attached hydrogen (secondary N) is 1.